The highest BCUT2D eigenvalue weighted by Crippen LogP contribution is 2.25. The number of ether oxygens (including phenoxy) is 1. The van der Waals surface area contributed by atoms with E-state index in [1.165, 1.54) is 0 Å². The Morgan fingerprint density at radius 1 is 0.906 bits per heavy atom. The lowest BCUT2D eigenvalue weighted by Gasteiger charge is -2.31. The van der Waals surface area contributed by atoms with E-state index in [1.807, 2.05) is 91.9 Å². The molecule has 0 saturated carbocycles. The molecule has 2 amide bonds. The van der Waals surface area contributed by atoms with Gasteiger partial charge < -0.3 is 15.0 Å². The van der Waals surface area contributed by atoms with E-state index in [1.54, 1.807) is 12.0 Å². The lowest BCUT2D eigenvalue weighted by atomic mass is 10.0. The lowest BCUT2D eigenvalue weighted by Crippen LogP contribution is -2.43. The van der Waals surface area contributed by atoms with Crippen molar-refractivity contribution in [3.05, 3.63) is 102 Å². The number of nitrogens with one attached hydrogen (secondary N) is 1. The van der Waals surface area contributed by atoms with Gasteiger partial charge in [-0.25, -0.2) is 0 Å². The SMILES string of the molecule is CCCC(=O)N(Cc1ccccc1)C(C(=O)NCc1ccccc1OC)c1ccccc1. The van der Waals surface area contributed by atoms with Crippen LogP contribution in [0.3, 0.4) is 0 Å². The molecular weight excluding hydrogens is 400 g/mol. The average Bonchev–Trinajstić information content (AvgIpc) is 2.84. The topological polar surface area (TPSA) is 58.6 Å². The summed E-state index contributed by atoms with van der Waals surface area (Å²) in [4.78, 5) is 28.4. The van der Waals surface area contributed by atoms with Gasteiger partial charge in [-0.2, -0.15) is 0 Å². The van der Waals surface area contributed by atoms with Crippen molar-refractivity contribution in [3.63, 3.8) is 0 Å². The van der Waals surface area contributed by atoms with Crippen LogP contribution in [-0.4, -0.2) is 23.8 Å². The Bertz CT molecular complexity index is 1010. The summed E-state index contributed by atoms with van der Waals surface area (Å²) in [5, 5.41) is 3.02. The third-order valence-electron chi connectivity index (χ3n) is 5.30. The Labute approximate surface area is 190 Å². The van der Waals surface area contributed by atoms with Gasteiger partial charge >= 0.3 is 0 Å². The molecule has 5 heteroatoms. The number of nitrogens with zero attached hydrogens (tertiary/aromatic N) is 1. The molecule has 1 atom stereocenters. The Hall–Kier alpha value is -3.60. The summed E-state index contributed by atoms with van der Waals surface area (Å²) in [6.07, 6.45) is 1.10. The third-order valence-corrected chi connectivity index (χ3v) is 5.30. The fraction of sp³-hybridized carbons (Fsp3) is 0.259. The molecule has 166 valence electrons. The van der Waals surface area contributed by atoms with E-state index >= 15 is 0 Å². The van der Waals surface area contributed by atoms with Crippen LogP contribution in [0.25, 0.3) is 0 Å². The first-order valence-corrected chi connectivity index (χ1v) is 10.9. The normalized spacial score (nSPS) is 11.4. The van der Waals surface area contributed by atoms with Crippen LogP contribution in [0.5, 0.6) is 5.75 Å². The van der Waals surface area contributed by atoms with E-state index in [2.05, 4.69) is 5.32 Å². The van der Waals surface area contributed by atoms with Crippen LogP contribution in [0.2, 0.25) is 0 Å². The van der Waals surface area contributed by atoms with Crippen LogP contribution in [0, 0.1) is 0 Å². The van der Waals surface area contributed by atoms with E-state index in [0.29, 0.717) is 31.7 Å². The highest BCUT2D eigenvalue weighted by Gasteiger charge is 2.31. The number of hydrogen-bond donors (Lipinski definition) is 1. The molecule has 3 aromatic rings. The van der Waals surface area contributed by atoms with Crippen LogP contribution in [0.15, 0.2) is 84.9 Å². The number of amides is 2. The van der Waals surface area contributed by atoms with Gasteiger partial charge in [-0.05, 0) is 23.6 Å². The highest BCUT2D eigenvalue weighted by molar-refractivity contribution is 5.88. The highest BCUT2D eigenvalue weighted by atomic mass is 16.5. The number of methoxy groups -OCH3 is 1. The molecule has 32 heavy (non-hydrogen) atoms. The molecule has 0 fully saturated rings. The molecule has 3 aromatic carbocycles. The van der Waals surface area contributed by atoms with E-state index in [0.717, 1.165) is 16.7 Å². The summed E-state index contributed by atoms with van der Waals surface area (Å²) < 4.78 is 5.40. The molecule has 0 saturated heterocycles. The monoisotopic (exact) mass is 430 g/mol. The van der Waals surface area contributed by atoms with Gasteiger partial charge in [0.05, 0.1) is 7.11 Å². The summed E-state index contributed by atoms with van der Waals surface area (Å²) in [6, 6.07) is 26.1. The lowest BCUT2D eigenvalue weighted by molar-refractivity contribution is -0.141. The molecule has 3 rings (SSSR count). The standard InChI is InChI=1S/C27H30N2O3/c1-3-12-25(30)29(20-21-13-6-4-7-14-21)26(22-15-8-5-9-16-22)27(31)28-19-23-17-10-11-18-24(23)32-2/h4-11,13-18,26H,3,12,19-20H2,1-2H3,(H,28,31). The first kappa shape index (κ1) is 23.1. The molecule has 0 heterocycles. The van der Waals surface area contributed by atoms with E-state index in [9.17, 15) is 9.59 Å². The molecule has 5 nitrogen and oxygen atoms in total. The largest absolute Gasteiger partial charge is 0.496 e. The van der Waals surface area contributed by atoms with Crippen molar-refractivity contribution < 1.29 is 14.3 Å². The summed E-state index contributed by atoms with van der Waals surface area (Å²) in [7, 11) is 1.61. The first-order chi connectivity index (χ1) is 15.6. The van der Waals surface area contributed by atoms with E-state index in [-0.39, 0.29) is 11.8 Å². The second kappa shape index (κ2) is 11.7. The van der Waals surface area contributed by atoms with Crippen LogP contribution < -0.4 is 10.1 Å². The van der Waals surface area contributed by atoms with Crippen molar-refractivity contribution in [1.82, 2.24) is 10.2 Å². The van der Waals surface area contributed by atoms with Gasteiger partial charge in [0.1, 0.15) is 11.8 Å². The Morgan fingerprint density at radius 2 is 1.53 bits per heavy atom. The van der Waals surface area contributed by atoms with Crippen molar-refractivity contribution in [2.24, 2.45) is 0 Å². The maximum atomic E-state index is 13.5. The predicted octanol–water partition coefficient (Wildman–Crippen LogP) is 4.88. The minimum Gasteiger partial charge on any atom is -0.496 e. The summed E-state index contributed by atoms with van der Waals surface area (Å²) >= 11 is 0. The van der Waals surface area contributed by atoms with Gasteiger partial charge in [0.15, 0.2) is 0 Å². The minimum atomic E-state index is -0.731. The molecule has 0 aliphatic rings. The minimum absolute atomic E-state index is 0.0438. The summed E-state index contributed by atoms with van der Waals surface area (Å²) in [5.41, 5.74) is 2.64. The molecule has 0 spiro atoms. The summed E-state index contributed by atoms with van der Waals surface area (Å²) in [5.74, 6) is 0.451. The Kier molecular flexibility index (Phi) is 8.44. The molecule has 0 bridgehead atoms. The molecule has 0 aliphatic heterocycles. The van der Waals surface area contributed by atoms with Crippen LogP contribution in [-0.2, 0) is 22.7 Å². The smallest absolute Gasteiger partial charge is 0.247 e. The molecule has 0 aromatic heterocycles. The average molecular weight is 431 g/mol. The number of benzene rings is 3. The maximum Gasteiger partial charge on any atom is 0.247 e. The van der Waals surface area contributed by atoms with Crippen molar-refractivity contribution >= 4 is 11.8 Å². The van der Waals surface area contributed by atoms with Crippen molar-refractivity contribution in [3.8, 4) is 5.75 Å². The molecule has 0 aliphatic carbocycles. The van der Waals surface area contributed by atoms with Crippen molar-refractivity contribution in [2.75, 3.05) is 7.11 Å². The molecule has 0 radical (unpaired) electrons. The second-order valence-electron chi connectivity index (χ2n) is 7.60. The zero-order valence-electron chi connectivity index (χ0n) is 18.7. The van der Waals surface area contributed by atoms with Crippen LogP contribution in [0.4, 0.5) is 0 Å². The van der Waals surface area contributed by atoms with E-state index in [4.69, 9.17) is 4.74 Å². The van der Waals surface area contributed by atoms with E-state index < -0.39 is 6.04 Å². The molecule has 1 unspecified atom stereocenters. The van der Waals surface area contributed by atoms with Gasteiger partial charge in [0.25, 0.3) is 0 Å². The van der Waals surface area contributed by atoms with Gasteiger partial charge in [-0.1, -0.05) is 85.8 Å². The number of para-hydroxylation sites is 1. The van der Waals surface area contributed by atoms with Crippen molar-refractivity contribution in [1.29, 1.82) is 0 Å². The number of hydrogen-bond acceptors (Lipinski definition) is 3. The Balaban J connectivity index is 1.91. The fourth-order valence-electron chi connectivity index (χ4n) is 3.70. The Morgan fingerprint density at radius 3 is 2.19 bits per heavy atom. The number of rotatable bonds is 10. The molecule has 1 N–H and O–H groups in total. The number of carbonyl (C=O) groups excluding carboxylic acids is 2. The second-order valence-corrected chi connectivity index (χ2v) is 7.60. The first-order valence-electron chi connectivity index (χ1n) is 10.9. The maximum absolute atomic E-state index is 13.5. The van der Waals surface area contributed by atoms with Gasteiger partial charge in [-0.15, -0.1) is 0 Å². The van der Waals surface area contributed by atoms with Gasteiger partial charge in [0, 0.05) is 25.1 Å². The zero-order chi connectivity index (χ0) is 22.8. The zero-order valence-corrected chi connectivity index (χ0v) is 18.7. The van der Waals surface area contributed by atoms with Crippen LogP contribution >= 0.6 is 0 Å². The number of carbonyl (C=O) groups is 2. The summed E-state index contributed by atoms with van der Waals surface area (Å²) in [6.45, 7) is 2.65. The molecular formula is C27H30N2O3. The fourth-order valence-corrected chi connectivity index (χ4v) is 3.70. The van der Waals surface area contributed by atoms with Crippen LogP contribution in [0.1, 0.15) is 42.5 Å². The van der Waals surface area contributed by atoms with Crippen molar-refractivity contribution in [2.45, 2.75) is 38.9 Å². The third kappa shape index (κ3) is 5.97. The quantitative estimate of drug-likeness (QED) is 0.499. The predicted molar refractivity (Wildman–Crippen MR) is 126 cm³/mol. The van der Waals surface area contributed by atoms with Gasteiger partial charge in [-0.3, -0.25) is 9.59 Å². The van der Waals surface area contributed by atoms with Gasteiger partial charge in [0.2, 0.25) is 11.8 Å².